The van der Waals surface area contributed by atoms with Crippen LogP contribution >= 0.6 is 0 Å². The normalized spacial score (nSPS) is 17.1. The van der Waals surface area contributed by atoms with E-state index in [0.717, 1.165) is 38.4 Å². The Morgan fingerprint density at radius 1 is 1.29 bits per heavy atom. The van der Waals surface area contributed by atoms with E-state index in [1.54, 1.807) is 0 Å². The molecule has 0 amide bonds. The number of ether oxygens (including phenoxy) is 2. The molecule has 1 aliphatic rings. The predicted octanol–water partition coefficient (Wildman–Crippen LogP) is 1.85. The van der Waals surface area contributed by atoms with E-state index in [1.165, 1.54) is 12.1 Å². The van der Waals surface area contributed by atoms with E-state index in [4.69, 9.17) is 9.47 Å². The SMILES string of the molecule is Cc1cc(F)cc(OCCN2CCOCC2)c1. The van der Waals surface area contributed by atoms with Gasteiger partial charge in [0.15, 0.2) is 0 Å². The second-order valence-electron chi connectivity index (χ2n) is 4.27. The number of hydrogen-bond donors (Lipinski definition) is 0. The van der Waals surface area contributed by atoms with Crippen LogP contribution in [-0.4, -0.2) is 44.4 Å². The van der Waals surface area contributed by atoms with Gasteiger partial charge in [0.2, 0.25) is 0 Å². The molecular weight excluding hydrogens is 221 g/mol. The molecule has 0 radical (unpaired) electrons. The predicted molar refractivity (Wildman–Crippen MR) is 63.9 cm³/mol. The van der Waals surface area contributed by atoms with Crippen LogP contribution in [0, 0.1) is 12.7 Å². The summed E-state index contributed by atoms with van der Waals surface area (Å²) in [6, 6.07) is 4.77. The van der Waals surface area contributed by atoms with Gasteiger partial charge in [0.05, 0.1) is 13.2 Å². The summed E-state index contributed by atoms with van der Waals surface area (Å²) >= 11 is 0. The molecule has 0 saturated carbocycles. The molecule has 1 aromatic carbocycles. The number of rotatable bonds is 4. The first-order chi connectivity index (χ1) is 8.24. The fourth-order valence-electron chi connectivity index (χ4n) is 1.90. The summed E-state index contributed by atoms with van der Waals surface area (Å²) in [5.41, 5.74) is 0.881. The van der Waals surface area contributed by atoms with E-state index < -0.39 is 0 Å². The largest absolute Gasteiger partial charge is 0.492 e. The Labute approximate surface area is 101 Å². The quantitative estimate of drug-likeness (QED) is 0.800. The third-order valence-corrected chi connectivity index (χ3v) is 2.80. The molecule has 0 bridgehead atoms. The van der Waals surface area contributed by atoms with Crippen LogP contribution in [0.15, 0.2) is 18.2 Å². The van der Waals surface area contributed by atoms with Crippen molar-refractivity contribution < 1.29 is 13.9 Å². The molecule has 3 nitrogen and oxygen atoms in total. The average Bonchev–Trinajstić information content (AvgIpc) is 2.29. The minimum atomic E-state index is -0.244. The highest BCUT2D eigenvalue weighted by Crippen LogP contribution is 2.15. The molecule has 1 saturated heterocycles. The van der Waals surface area contributed by atoms with Crippen LogP contribution in [0.5, 0.6) is 5.75 Å². The summed E-state index contributed by atoms with van der Waals surface area (Å²) in [6.07, 6.45) is 0. The van der Waals surface area contributed by atoms with Gasteiger partial charge < -0.3 is 9.47 Å². The van der Waals surface area contributed by atoms with Gasteiger partial charge in [-0.1, -0.05) is 0 Å². The van der Waals surface area contributed by atoms with Gasteiger partial charge in [-0.05, 0) is 24.6 Å². The van der Waals surface area contributed by atoms with Crippen LogP contribution in [0.3, 0.4) is 0 Å². The third-order valence-electron chi connectivity index (χ3n) is 2.80. The van der Waals surface area contributed by atoms with Gasteiger partial charge in [0.25, 0.3) is 0 Å². The highest BCUT2D eigenvalue weighted by atomic mass is 19.1. The highest BCUT2D eigenvalue weighted by molar-refractivity contribution is 5.28. The first-order valence-electron chi connectivity index (χ1n) is 5.94. The maximum Gasteiger partial charge on any atom is 0.127 e. The molecule has 0 unspecified atom stereocenters. The molecule has 0 aliphatic carbocycles. The maximum atomic E-state index is 13.1. The zero-order valence-electron chi connectivity index (χ0n) is 10.1. The smallest absolute Gasteiger partial charge is 0.127 e. The van der Waals surface area contributed by atoms with Crippen molar-refractivity contribution in [1.82, 2.24) is 4.90 Å². The lowest BCUT2D eigenvalue weighted by molar-refractivity contribution is 0.0322. The second-order valence-corrected chi connectivity index (χ2v) is 4.27. The number of morpholine rings is 1. The molecule has 1 fully saturated rings. The fourth-order valence-corrected chi connectivity index (χ4v) is 1.90. The first kappa shape index (κ1) is 12.3. The number of halogens is 1. The van der Waals surface area contributed by atoms with E-state index in [1.807, 2.05) is 13.0 Å². The lowest BCUT2D eigenvalue weighted by atomic mass is 10.2. The van der Waals surface area contributed by atoms with Gasteiger partial charge in [-0.2, -0.15) is 0 Å². The number of aryl methyl sites for hydroxylation is 1. The summed E-state index contributed by atoms with van der Waals surface area (Å²) in [5, 5.41) is 0. The molecular formula is C13H18FNO2. The van der Waals surface area contributed by atoms with Crippen molar-refractivity contribution in [3.63, 3.8) is 0 Å². The Kier molecular flexibility index (Phi) is 4.34. The molecule has 17 heavy (non-hydrogen) atoms. The van der Waals surface area contributed by atoms with Crippen LogP contribution in [0.4, 0.5) is 4.39 Å². The van der Waals surface area contributed by atoms with Gasteiger partial charge >= 0.3 is 0 Å². The lowest BCUT2D eigenvalue weighted by Gasteiger charge is -2.26. The standard InChI is InChI=1S/C13H18FNO2/c1-11-8-12(14)10-13(9-11)17-7-4-15-2-5-16-6-3-15/h8-10H,2-7H2,1H3. The Hall–Kier alpha value is -1.13. The first-order valence-corrected chi connectivity index (χ1v) is 5.94. The van der Waals surface area contributed by atoms with Crippen molar-refractivity contribution in [2.24, 2.45) is 0 Å². The molecule has 0 atom stereocenters. The Balaban J connectivity index is 1.77. The summed E-state index contributed by atoms with van der Waals surface area (Å²) < 4.78 is 23.9. The van der Waals surface area contributed by atoms with E-state index >= 15 is 0 Å². The van der Waals surface area contributed by atoms with Crippen LogP contribution in [-0.2, 0) is 4.74 Å². The van der Waals surface area contributed by atoms with Gasteiger partial charge in [-0.15, -0.1) is 0 Å². The second kappa shape index (κ2) is 5.98. The van der Waals surface area contributed by atoms with E-state index in [0.29, 0.717) is 12.4 Å². The van der Waals surface area contributed by atoms with E-state index in [2.05, 4.69) is 4.90 Å². The molecule has 0 aromatic heterocycles. The van der Waals surface area contributed by atoms with Gasteiger partial charge in [0, 0.05) is 25.7 Å². The summed E-state index contributed by atoms with van der Waals surface area (Å²) in [4.78, 5) is 2.29. The van der Waals surface area contributed by atoms with Crippen molar-refractivity contribution in [3.8, 4) is 5.75 Å². The van der Waals surface area contributed by atoms with E-state index in [-0.39, 0.29) is 5.82 Å². The molecule has 94 valence electrons. The van der Waals surface area contributed by atoms with E-state index in [9.17, 15) is 4.39 Å². The number of nitrogens with zero attached hydrogens (tertiary/aromatic N) is 1. The summed E-state index contributed by atoms with van der Waals surface area (Å²) in [6.45, 7) is 6.79. The molecule has 2 rings (SSSR count). The molecule has 1 aliphatic heterocycles. The van der Waals surface area contributed by atoms with Crippen molar-refractivity contribution in [2.75, 3.05) is 39.5 Å². The fraction of sp³-hybridized carbons (Fsp3) is 0.538. The molecule has 1 aromatic rings. The zero-order chi connectivity index (χ0) is 12.1. The topological polar surface area (TPSA) is 21.7 Å². The third kappa shape index (κ3) is 3.98. The Morgan fingerprint density at radius 3 is 2.76 bits per heavy atom. The van der Waals surface area contributed by atoms with Crippen LogP contribution in [0.1, 0.15) is 5.56 Å². The minimum Gasteiger partial charge on any atom is -0.492 e. The van der Waals surface area contributed by atoms with Crippen molar-refractivity contribution in [3.05, 3.63) is 29.6 Å². The molecule has 4 heteroatoms. The Morgan fingerprint density at radius 2 is 2.06 bits per heavy atom. The number of benzene rings is 1. The monoisotopic (exact) mass is 239 g/mol. The summed E-state index contributed by atoms with van der Waals surface area (Å²) in [7, 11) is 0. The lowest BCUT2D eigenvalue weighted by Crippen LogP contribution is -2.38. The average molecular weight is 239 g/mol. The summed E-state index contributed by atoms with van der Waals surface area (Å²) in [5.74, 6) is 0.363. The van der Waals surface area contributed by atoms with Gasteiger partial charge in [0.1, 0.15) is 18.2 Å². The van der Waals surface area contributed by atoms with Gasteiger partial charge in [-0.25, -0.2) is 4.39 Å². The molecule has 0 N–H and O–H groups in total. The molecule has 0 spiro atoms. The van der Waals surface area contributed by atoms with Crippen LogP contribution < -0.4 is 4.74 Å². The Bertz CT molecular complexity index is 344. The highest BCUT2D eigenvalue weighted by Gasteiger charge is 2.09. The van der Waals surface area contributed by atoms with Crippen molar-refractivity contribution >= 4 is 0 Å². The van der Waals surface area contributed by atoms with Crippen molar-refractivity contribution in [1.29, 1.82) is 0 Å². The molecule has 1 heterocycles. The maximum absolute atomic E-state index is 13.1. The van der Waals surface area contributed by atoms with Crippen LogP contribution in [0.25, 0.3) is 0 Å². The number of hydrogen-bond acceptors (Lipinski definition) is 3. The zero-order valence-corrected chi connectivity index (χ0v) is 10.1. The minimum absolute atomic E-state index is 0.244. The van der Waals surface area contributed by atoms with Gasteiger partial charge in [-0.3, -0.25) is 4.90 Å². The van der Waals surface area contributed by atoms with Crippen molar-refractivity contribution in [2.45, 2.75) is 6.92 Å². The van der Waals surface area contributed by atoms with Crippen LogP contribution in [0.2, 0.25) is 0 Å².